The minimum absolute atomic E-state index is 0.0907. The molecule has 0 radical (unpaired) electrons. The molecule has 11 heteroatoms. The van der Waals surface area contributed by atoms with Gasteiger partial charge in [0.1, 0.15) is 23.4 Å². The van der Waals surface area contributed by atoms with Crippen molar-refractivity contribution < 1.29 is 18.8 Å². The van der Waals surface area contributed by atoms with Gasteiger partial charge in [-0.15, -0.1) is 0 Å². The smallest absolute Gasteiger partial charge is 0.341 e. The van der Waals surface area contributed by atoms with Crippen LogP contribution in [0.25, 0.3) is 11.3 Å². The van der Waals surface area contributed by atoms with Gasteiger partial charge in [-0.1, -0.05) is 0 Å². The van der Waals surface area contributed by atoms with Gasteiger partial charge in [-0.3, -0.25) is 10.1 Å². The van der Waals surface area contributed by atoms with Gasteiger partial charge in [-0.2, -0.15) is 0 Å². The van der Waals surface area contributed by atoms with E-state index in [1.807, 2.05) is 0 Å². The average molecular weight is 426 g/mol. The summed E-state index contributed by atoms with van der Waals surface area (Å²) in [5, 5.41) is 16.7. The largest absolute Gasteiger partial charge is 0.462 e. The molecule has 3 rings (SSSR count). The normalized spacial score (nSPS) is 10.4. The van der Waals surface area contributed by atoms with Crippen molar-refractivity contribution in [1.29, 1.82) is 0 Å². The summed E-state index contributed by atoms with van der Waals surface area (Å²) >= 11 is 0. The molecule has 160 valence electrons. The molecule has 1 aromatic carbocycles. The molecule has 2 heterocycles. The van der Waals surface area contributed by atoms with Crippen LogP contribution >= 0.6 is 0 Å². The van der Waals surface area contributed by atoms with Crippen LogP contribution in [0.15, 0.2) is 48.8 Å². The van der Waals surface area contributed by atoms with Crippen LogP contribution in [-0.4, -0.2) is 45.5 Å². The number of carbonyl (C=O) groups is 1. The van der Waals surface area contributed by atoms with E-state index in [1.165, 1.54) is 48.8 Å². The summed E-state index contributed by atoms with van der Waals surface area (Å²) in [5.41, 5.74) is 0.948. The second-order valence-electron chi connectivity index (χ2n) is 6.20. The van der Waals surface area contributed by atoms with Crippen molar-refractivity contribution in [1.82, 2.24) is 15.0 Å². The highest BCUT2D eigenvalue weighted by Crippen LogP contribution is 2.23. The molecule has 0 amide bonds. The number of benzene rings is 1. The Bertz CT molecular complexity index is 1060. The maximum absolute atomic E-state index is 13.3. The molecule has 0 bridgehead atoms. The third kappa shape index (κ3) is 5.69. The molecule has 0 aliphatic carbocycles. The zero-order valence-corrected chi connectivity index (χ0v) is 16.5. The van der Waals surface area contributed by atoms with Crippen LogP contribution in [0.1, 0.15) is 17.3 Å². The maximum atomic E-state index is 13.3. The van der Waals surface area contributed by atoms with Gasteiger partial charge in [0.25, 0.3) is 5.69 Å². The molecule has 0 unspecified atom stereocenters. The fraction of sp³-hybridized carbons (Fsp3) is 0.200. The van der Waals surface area contributed by atoms with Gasteiger partial charge in [0.15, 0.2) is 0 Å². The first-order chi connectivity index (χ1) is 15.0. The summed E-state index contributed by atoms with van der Waals surface area (Å²) in [4.78, 5) is 34.9. The molecule has 0 aliphatic heterocycles. The zero-order valence-electron chi connectivity index (χ0n) is 16.5. The Kier molecular flexibility index (Phi) is 6.99. The maximum Gasteiger partial charge on any atom is 0.341 e. The number of ether oxygens (including phenoxy) is 1. The van der Waals surface area contributed by atoms with Gasteiger partial charge < -0.3 is 15.4 Å². The van der Waals surface area contributed by atoms with Crippen molar-refractivity contribution in [3.05, 3.63) is 70.3 Å². The lowest BCUT2D eigenvalue weighted by Crippen LogP contribution is -2.17. The summed E-state index contributed by atoms with van der Waals surface area (Å²) in [6.07, 6.45) is 2.53. The van der Waals surface area contributed by atoms with Gasteiger partial charge in [0.2, 0.25) is 5.95 Å². The van der Waals surface area contributed by atoms with E-state index < -0.39 is 16.7 Å². The van der Waals surface area contributed by atoms with Crippen molar-refractivity contribution in [3.63, 3.8) is 0 Å². The lowest BCUT2D eigenvalue weighted by molar-refractivity contribution is -0.385. The number of carbonyl (C=O) groups excluding carboxylic acids is 1. The predicted molar refractivity (Wildman–Crippen MR) is 111 cm³/mol. The molecule has 31 heavy (non-hydrogen) atoms. The minimum atomic E-state index is -0.570. The number of rotatable bonds is 9. The van der Waals surface area contributed by atoms with Crippen molar-refractivity contribution in [2.24, 2.45) is 0 Å². The van der Waals surface area contributed by atoms with Gasteiger partial charge in [-0.25, -0.2) is 24.1 Å². The van der Waals surface area contributed by atoms with Crippen LogP contribution in [-0.2, 0) is 4.74 Å². The minimum Gasteiger partial charge on any atom is -0.462 e. The Morgan fingerprint density at radius 1 is 1.10 bits per heavy atom. The van der Waals surface area contributed by atoms with Crippen LogP contribution < -0.4 is 10.6 Å². The third-order valence-electron chi connectivity index (χ3n) is 4.07. The molecule has 0 atom stereocenters. The summed E-state index contributed by atoms with van der Waals surface area (Å²) in [5.74, 6) is -0.220. The fourth-order valence-corrected chi connectivity index (χ4v) is 2.62. The molecular formula is C20H19FN6O4. The lowest BCUT2D eigenvalue weighted by Gasteiger charge is -2.11. The number of esters is 1. The first kappa shape index (κ1) is 21.6. The van der Waals surface area contributed by atoms with Crippen LogP contribution in [0.5, 0.6) is 0 Å². The molecule has 0 saturated carbocycles. The number of pyridine rings is 1. The quantitative estimate of drug-likeness (QED) is 0.229. The van der Waals surface area contributed by atoms with E-state index in [-0.39, 0.29) is 23.8 Å². The summed E-state index contributed by atoms with van der Waals surface area (Å²) in [6.45, 7) is 2.73. The first-order valence-electron chi connectivity index (χ1n) is 9.36. The number of hydrogen-bond acceptors (Lipinski definition) is 9. The number of nitrogens with one attached hydrogen (secondary N) is 2. The Labute approximate surface area is 176 Å². The molecule has 2 aromatic heterocycles. The highest BCUT2D eigenvalue weighted by Gasteiger charge is 2.17. The van der Waals surface area contributed by atoms with Crippen LogP contribution in [0.3, 0.4) is 0 Å². The second kappa shape index (κ2) is 10.1. The van der Waals surface area contributed by atoms with E-state index in [2.05, 4.69) is 25.6 Å². The highest BCUT2D eigenvalue weighted by atomic mass is 19.1. The molecule has 0 aliphatic rings. The number of hydrogen-bond donors (Lipinski definition) is 2. The Morgan fingerprint density at radius 2 is 1.84 bits per heavy atom. The van der Waals surface area contributed by atoms with Gasteiger partial charge >= 0.3 is 5.97 Å². The van der Waals surface area contributed by atoms with E-state index in [0.717, 1.165) is 0 Å². The number of halogens is 1. The SMILES string of the molecule is CCOC(=O)c1cnc(NCCNc2ccc([N+](=O)[O-])cn2)nc1-c1ccc(F)cc1. The second-order valence-corrected chi connectivity index (χ2v) is 6.20. The highest BCUT2D eigenvalue weighted by molar-refractivity contribution is 5.96. The van der Waals surface area contributed by atoms with E-state index in [4.69, 9.17) is 4.74 Å². The van der Waals surface area contributed by atoms with Crippen LogP contribution in [0, 0.1) is 15.9 Å². The topological polar surface area (TPSA) is 132 Å². The van der Waals surface area contributed by atoms with E-state index in [0.29, 0.717) is 30.2 Å². The number of nitrogens with zero attached hydrogens (tertiary/aromatic N) is 4. The number of anilines is 2. The fourth-order valence-electron chi connectivity index (χ4n) is 2.62. The molecule has 0 spiro atoms. The lowest BCUT2D eigenvalue weighted by atomic mass is 10.1. The molecule has 3 aromatic rings. The molecule has 0 fully saturated rings. The summed E-state index contributed by atoms with van der Waals surface area (Å²) in [7, 11) is 0. The third-order valence-corrected chi connectivity index (χ3v) is 4.07. The van der Waals surface area contributed by atoms with Crippen LogP contribution in [0.2, 0.25) is 0 Å². The van der Waals surface area contributed by atoms with Crippen molar-refractivity contribution in [2.75, 3.05) is 30.3 Å². The van der Waals surface area contributed by atoms with Crippen molar-refractivity contribution in [3.8, 4) is 11.3 Å². The number of aromatic nitrogens is 3. The standard InChI is InChI=1S/C20H19FN6O4/c1-2-31-19(28)16-12-25-20(26-18(16)13-3-5-14(21)6-4-13)23-10-9-22-17-8-7-15(11-24-17)27(29)30/h3-8,11-12H,2,9-10H2,1H3,(H,22,24)(H,23,25,26). The van der Waals surface area contributed by atoms with E-state index in [1.54, 1.807) is 6.92 Å². The summed E-state index contributed by atoms with van der Waals surface area (Å²) < 4.78 is 18.3. The molecule has 10 nitrogen and oxygen atoms in total. The monoisotopic (exact) mass is 426 g/mol. The Balaban J connectivity index is 1.68. The van der Waals surface area contributed by atoms with Gasteiger partial charge in [0.05, 0.1) is 17.2 Å². The predicted octanol–water partition coefficient (Wildman–Crippen LogP) is 3.29. The molecule has 0 saturated heterocycles. The van der Waals surface area contributed by atoms with Crippen LogP contribution in [0.4, 0.5) is 21.8 Å². The Morgan fingerprint density at radius 3 is 2.48 bits per heavy atom. The van der Waals surface area contributed by atoms with Gasteiger partial charge in [0, 0.05) is 30.9 Å². The Hall–Kier alpha value is -4.15. The van der Waals surface area contributed by atoms with E-state index >= 15 is 0 Å². The number of nitro groups is 1. The summed E-state index contributed by atoms with van der Waals surface area (Å²) in [6, 6.07) is 8.46. The zero-order chi connectivity index (χ0) is 22.2. The average Bonchev–Trinajstić information content (AvgIpc) is 2.77. The van der Waals surface area contributed by atoms with Crippen molar-refractivity contribution >= 4 is 23.4 Å². The molecule has 2 N–H and O–H groups in total. The van der Waals surface area contributed by atoms with Crippen molar-refractivity contribution in [2.45, 2.75) is 6.92 Å². The molecular weight excluding hydrogens is 407 g/mol. The first-order valence-corrected chi connectivity index (χ1v) is 9.36. The van der Waals surface area contributed by atoms with Gasteiger partial charge in [-0.05, 0) is 37.3 Å². The van der Waals surface area contributed by atoms with E-state index in [9.17, 15) is 19.3 Å².